The van der Waals surface area contributed by atoms with Crippen molar-refractivity contribution in [1.29, 1.82) is 0 Å². The van der Waals surface area contributed by atoms with Crippen LogP contribution in [-0.2, 0) is 20.9 Å². The lowest BCUT2D eigenvalue weighted by atomic mass is 10.0. The van der Waals surface area contributed by atoms with Crippen molar-refractivity contribution in [2.24, 2.45) is 5.92 Å². The third-order valence-corrected chi connectivity index (χ3v) is 4.63. The summed E-state index contributed by atoms with van der Waals surface area (Å²) in [7, 11) is 0. The van der Waals surface area contributed by atoms with E-state index in [2.05, 4.69) is 21.5 Å². The molecule has 1 aliphatic rings. The fourth-order valence-corrected chi connectivity index (χ4v) is 3.15. The minimum absolute atomic E-state index is 0.0201. The number of hydrogen-bond acceptors (Lipinski definition) is 4. The van der Waals surface area contributed by atoms with E-state index in [0.717, 1.165) is 18.4 Å². The highest BCUT2D eigenvalue weighted by atomic mass is 32.1. The Kier molecular flexibility index (Phi) is 8.70. The topological polar surface area (TPSA) is 99.3 Å². The van der Waals surface area contributed by atoms with Gasteiger partial charge in [0.2, 0.25) is 17.7 Å². The lowest BCUT2D eigenvalue weighted by Gasteiger charge is -2.12. The quantitative estimate of drug-likeness (QED) is 0.419. The second-order valence-electron chi connectivity index (χ2n) is 6.67. The fourth-order valence-electron chi connectivity index (χ4n) is 2.99. The zero-order chi connectivity index (χ0) is 19.5. The van der Waals surface area contributed by atoms with Crippen molar-refractivity contribution < 1.29 is 14.4 Å². The van der Waals surface area contributed by atoms with E-state index in [9.17, 15) is 14.4 Å². The highest BCUT2D eigenvalue weighted by Gasteiger charge is 2.18. The van der Waals surface area contributed by atoms with Crippen molar-refractivity contribution in [2.75, 3.05) is 0 Å². The third-order valence-electron chi connectivity index (χ3n) is 4.43. The summed E-state index contributed by atoms with van der Waals surface area (Å²) in [5.41, 5.74) is 5.87. The Morgan fingerprint density at radius 3 is 2.30 bits per heavy atom. The molecular formula is C19H26N4O3S. The second kappa shape index (κ2) is 11.3. The van der Waals surface area contributed by atoms with E-state index >= 15 is 0 Å². The molecule has 1 saturated carbocycles. The Morgan fingerprint density at radius 1 is 0.926 bits per heavy atom. The van der Waals surface area contributed by atoms with E-state index in [1.165, 1.54) is 12.8 Å². The van der Waals surface area contributed by atoms with Crippen LogP contribution in [0.25, 0.3) is 0 Å². The van der Waals surface area contributed by atoms with Crippen LogP contribution in [0, 0.1) is 5.92 Å². The van der Waals surface area contributed by atoms with Gasteiger partial charge < -0.3 is 10.6 Å². The van der Waals surface area contributed by atoms with Gasteiger partial charge in [0.25, 0.3) is 0 Å². The van der Waals surface area contributed by atoms with Gasteiger partial charge in [0.1, 0.15) is 0 Å². The SMILES string of the molecule is O=C(CCC(=O)NNC(=S)NC(=O)CC1CCCC1)NCc1ccccc1. The minimum Gasteiger partial charge on any atom is -0.352 e. The van der Waals surface area contributed by atoms with Gasteiger partial charge in [-0.15, -0.1) is 0 Å². The van der Waals surface area contributed by atoms with Crippen LogP contribution in [-0.4, -0.2) is 22.8 Å². The van der Waals surface area contributed by atoms with Gasteiger partial charge >= 0.3 is 0 Å². The third kappa shape index (κ3) is 8.63. The van der Waals surface area contributed by atoms with Gasteiger partial charge in [-0.05, 0) is 36.5 Å². The number of nitrogens with one attached hydrogen (secondary N) is 4. The molecule has 0 unspecified atom stereocenters. The molecule has 27 heavy (non-hydrogen) atoms. The number of carbonyl (C=O) groups is 3. The minimum atomic E-state index is -0.378. The van der Waals surface area contributed by atoms with E-state index in [1.54, 1.807) is 0 Å². The van der Waals surface area contributed by atoms with Crippen LogP contribution in [0.5, 0.6) is 0 Å². The van der Waals surface area contributed by atoms with Gasteiger partial charge in [0.15, 0.2) is 5.11 Å². The highest BCUT2D eigenvalue weighted by molar-refractivity contribution is 7.80. The molecule has 146 valence electrons. The predicted octanol–water partition coefficient (Wildman–Crippen LogP) is 1.69. The summed E-state index contributed by atoms with van der Waals surface area (Å²) in [6.45, 7) is 0.427. The standard InChI is InChI=1S/C19H26N4O3S/c24-16(20-13-15-8-2-1-3-9-15)10-11-17(25)22-23-19(27)21-18(26)12-14-6-4-5-7-14/h1-3,8-9,14H,4-7,10-13H2,(H,20,24)(H,22,25)(H2,21,23,26,27). The number of hydrazine groups is 1. The largest absolute Gasteiger partial charge is 0.352 e. The molecule has 1 aromatic carbocycles. The van der Waals surface area contributed by atoms with Crippen molar-refractivity contribution in [3.05, 3.63) is 35.9 Å². The number of rotatable bonds is 7. The van der Waals surface area contributed by atoms with Crippen LogP contribution in [0.4, 0.5) is 0 Å². The summed E-state index contributed by atoms with van der Waals surface area (Å²) in [5, 5.41) is 5.37. The van der Waals surface area contributed by atoms with Crippen molar-refractivity contribution in [3.63, 3.8) is 0 Å². The second-order valence-corrected chi connectivity index (χ2v) is 7.08. The van der Waals surface area contributed by atoms with Crippen molar-refractivity contribution in [1.82, 2.24) is 21.5 Å². The summed E-state index contributed by atoms with van der Waals surface area (Å²) in [6.07, 6.45) is 5.06. The number of hydrogen-bond donors (Lipinski definition) is 4. The van der Waals surface area contributed by atoms with Gasteiger partial charge in [-0.3, -0.25) is 25.2 Å². The summed E-state index contributed by atoms with van der Waals surface area (Å²) in [6, 6.07) is 9.54. The molecule has 1 aromatic rings. The van der Waals surface area contributed by atoms with E-state index in [4.69, 9.17) is 12.2 Å². The molecule has 0 saturated heterocycles. The van der Waals surface area contributed by atoms with E-state index in [-0.39, 0.29) is 35.7 Å². The number of thiocarbonyl (C=S) groups is 1. The first kappa shape index (κ1) is 20.8. The number of benzene rings is 1. The maximum Gasteiger partial charge on any atom is 0.238 e. The summed E-state index contributed by atoms with van der Waals surface area (Å²) in [5.74, 6) is -0.301. The van der Waals surface area contributed by atoms with Crippen LogP contribution in [0.15, 0.2) is 30.3 Å². The van der Waals surface area contributed by atoms with Crippen LogP contribution in [0.2, 0.25) is 0 Å². The molecule has 4 N–H and O–H groups in total. The molecular weight excluding hydrogens is 364 g/mol. The molecule has 3 amide bonds. The molecule has 2 rings (SSSR count). The Bertz CT molecular complexity index is 660. The van der Waals surface area contributed by atoms with E-state index in [1.807, 2.05) is 30.3 Å². The monoisotopic (exact) mass is 390 g/mol. The zero-order valence-electron chi connectivity index (χ0n) is 15.3. The van der Waals surface area contributed by atoms with Crippen molar-refractivity contribution in [3.8, 4) is 0 Å². The van der Waals surface area contributed by atoms with Gasteiger partial charge in [0, 0.05) is 25.8 Å². The number of amides is 3. The lowest BCUT2D eigenvalue weighted by Crippen LogP contribution is -2.48. The molecule has 8 heteroatoms. The highest BCUT2D eigenvalue weighted by Crippen LogP contribution is 2.27. The molecule has 0 radical (unpaired) electrons. The molecule has 7 nitrogen and oxygen atoms in total. The molecule has 1 aliphatic carbocycles. The maximum atomic E-state index is 11.9. The van der Waals surface area contributed by atoms with Gasteiger partial charge in [-0.2, -0.15) is 0 Å². The van der Waals surface area contributed by atoms with E-state index in [0.29, 0.717) is 18.9 Å². The van der Waals surface area contributed by atoms with Gasteiger partial charge in [-0.1, -0.05) is 43.2 Å². The van der Waals surface area contributed by atoms with Crippen LogP contribution < -0.4 is 21.5 Å². The average molecular weight is 391 g/mol. The maximum absolute atomic E-state index is 11.9. The van der Waals surface area contributed by atoms with E-state index < -0.39 is 0 Å². The molecule has 0 bridgehead atoms. The molecule has 0 aromatic heterocycles. The lowest BCUT2D eigenvalue weighted by molar-refractivity contribution is -0.126. The zero-order valence-corrected chi connectivity index (χ0v) is 16.1. The first-order chi connectivity index (χ1) is 13.0. The van der Waals surface area contributed by atoms with Crippen LogP contribution in [0.1, 0.15) is 50.5 Å². The first-order valence-electron chi connectivity index (χ1n) is 9.22. The summed E-state index contributed by atoms with van der Waals surface area (Å²) in [4.78, 5) is 35.4. The Hall–Kier alpha value is -2.48. The molecule has 0 aliphatic heterocycles. The average Bonchev–Trinajstić information content (AvgIpc) is 3.16. The van der Waals surface area contributed by atoms with Crippen molar-refractivity contribution in [2.45, 2.75) is 51.5 Å². The smallest absolute Gasteiger partial charge is 0.238 e. The molecule has 0 spiro atoms. The van der Waals surface area contributed by atoms with Gasteiger partial charge in [-0.25, -0.2) is 0 Å². The number of carbonyl (C=O) groups excluding carboxylic acids is 3. The van der Waals surface area contributed by atoms with Crippen LogP contribution >= 0.6 is 12.2 Å². The van der Waals surface area contributed by atoms with Gasteiger partial charge in [0.05, 0.1) is 0 Å². The molecule has 0 heterocycles. The Balaban J connectivity index is 1.54. The Labute approximate surface area is 164 Å². The summed E-state index contributed by atoms with van der Waals surface area (Å²) < 4.78 is 0. The Morgan fingerprint density at radius 2 is 1.59 bits per heavy atom. The normalized spacial score (nSPS) is 13.6. The molecule has 1 fully saturated rings. The fraction of sp³-hybridized carbons (Fsp3) is 0.474. The van der Waals surface area contributed by atoms with Crippen molar-refractivity contribution >= 4 is 35.1 Å². The summed E-state index contributed by atoms with van der Waals surface area (Å²) >= 11 is 4.98. The predicted molar refractivity (Wildman–Crippen MR) is 106 cm³/mol. The van der Waals surface area contributed by atoms with Crippen LogP contribution in [0.3, 0.4) is 0 Å². The molecule has 0 atom stereocenters. The first-order valence-corrected chi connectivity index (χ1v) is 9.63.